The summed E-state index contributed by atoms with van der Waals surface area (Å²) in [6.45, 7) is 5.95. The van der Waals surface area contributed by atoms with E-state index < -0.39 is 0 Å². The number of hydrogen-bond donors (Lipinski definition) is 0. The summed E-state index contributed by atoms with van der Waals surface area (Å²) < 4.78 is 5.45. The van der Waals surface area contributed by atoms with Crippen LogP contribution in [0.15, 0.2) is 6.07 Å². The molecule has 0 aliphatic heterocycles. The first-order chi connectivity index (χ1) is 8.93. The van der Waals surface area contributed by atoms with E-state index in [1.807, 2.05) is 32.9 Å². The second-order valence-electron chi connectivity index (χ2n) is 4.63. The zero-order valence-electron chi connectivity index (χ0n) is 12.2. The summed E-state index contributed by atoms with van der Waals surface area (Å²) in [6.07, 6.45) is 0.456. The molecule has 0 atom stereocenters. The second-order valence-corrected chi connectivity index (χ2v) is 4.63. The Balaban J connectivity index is 3.23. The summed E-state index contributed by atoms with van der Waals surface area (Å²) in [5.41, 5.74) is 3.94. The molecule has 0 fully saturated rings. The maximum atomic E-state index is 12.0. The second kappa shape index (κ2) is 6.24. The Hall–Kier alpha value is -2.02. The molecule has 0 bridgehead atoms. The molecule has 0 saturated carbocycles. The van der Waals surface area contributed by atoms with E-state index in [0.29, 0.717) is 0 Å². The summed E-state index contributed by atoms with van der Waals surface area (Å²) in [7, 11) is 3.33. The number of benzene rings is 1. The third-order valence-corrected chi connectivity index (χ3v) is 3.32. The molecule has 0 N–H and O–H groups in total. The lowest BCUT2D eigenvalue weighted by molar-refractivity contribution is -0.118. The number of carbonyl (C=O) groups excluding carboxylic acids is 1. The molecule has 102 valence electrons. The highest BCUT2D eigenvalue weighted by atomic mass is 16.5. The molecule has 19 heavy (non-hydrogen) atoms. The predicted molar refractivity (Wildman–Crippen MR) is 75.5 cm³/mol. The van der Waals surface area contributed by atoms with Crippen LogP contribution in [0.4, 0.5) is 5.69 Å². The molecule has 0 saturated heterocycles. The number of nitriles is 1. The predicted octanol–water partition coefficient (Wildman–Crippen LogP) is 2.89. The molecular formula is C15H20N2O2. The minimum atomic E-state index is -0.0776. The first-order valence-electron chi connectivity index (χ1n) is 6.22. The number of rotatable bonds is 4. The zero-order chi connectivity index (χ0) is 14.6. The van der Waals surface area contributed by atoms with E-state index in [1.165, 1.54) is 0 Å². The summed E-state index contributed by atoms with van der Waals surface area (Å²) >= 11 is 0. The summed E-state index contributed by atoms with van der Waals surface area (Å²) in [5, 5.41) is 8.56. The lowest BCUT2D eigenvalue weighted by Gasteiger charge is -2.24. The van der Waals surface area contributed by atoms with Crippen molar-refractivity contribution in [3.05, 3.63) is 22.8 Å². The van der Waals surface area contributed by atoms with Crippen molar-refractivity contribution >= 4 is 11.6 Å². The number of nitrogens with zero attached hydrogens (tertiary/aromatic N) is 2. The molecule has 1 rings (SSSR count). The van der Waals surface area contributed by atoms with Crippen LogP contribution in [-0.4, -0.2) is 20.1 Å². The fourth-order valence-corrected chi connectivity index (χ4v) is 2.16. The molecule has 0 aromatic heterocycles. The number of anilines is 1. The maximum Gasteiger partial charge on any atom is 0.227 e. The van der Waals surface area contributed by atoms with Crippen LogP contribution < -0.4 is 9.64 Å². The number of carbonyl (C=O) groups is 1. The Labute approximate surface area is 114 Å². The van der Waals surface area contributed by atoms with Gasteiger partial charge in [-0.05, 0) is 37.5 Å². The molecule has 0 radical (unpaired) electrons. The summed E-state index contributed by atoms with van der Waals surface area (Å²) in [6, 6.07) is 4.03. The minimum absolute atomic E-state index is 0.0776. The van der Waals surface area contributed by atoms with Crippen LogP contribution in [0.1, 0.15) is 29.5 Å². The van der Waals surface area contributed by atoms with Crippen LogP contribution in [0.2, 0.25) is 0 Å². The van der Waals surface area contributed by atoms with Gasteiger partial charge in [0.05, 0.1) is 18.9 Å². The van der Waals surface area contributed by atoms with Crippen molar-refractivity contribution in [2.45, 2.75) is 33.6 Å². The van der Waals surface area contributed by atoms with E-state index in [4.69, 9.17) is 10.00 Å². The molecule has 1 aromatic carbocycles. The largest absolute Gasteiger partial charge is 0.494 e. The van der Waals surface area contributed by atoms with E-state index in [2.05, 4.69) is 0 Å². The van der Waals surface area contributed by atoms with Gasteiger partial charge in [0.25, 0.3) is 0 Å². The lowest BCUT2D eigenvalue weighted by atomic mass is 10.0. The molecule has 4 nitrogen and oxygen atoms in total. The highest BCUT2D eigenvalue weighted by Gasteiger charge is 2.20. The molecule has 0 aliphatic rings. The number of aryl methyl sites for hydroxylation is 2. The van der Waals surface area contributed by atoms with Gasteiger partial charge in [0.2, 0.25) is 5.91 Å². The SMILES string of the molecule is COc1c(C)c(C)cc(C)c1N(C)C(=O)CCC#N. The standard InChI is InChI=1S/C15H20N2O2/c1-10-9-11(2)14(15(19-5)12(10)3)17(4)13(18)7-6-8-16/h9H,6-7H2,1-5H3. The van der Waals surface area contributed by atoms with E-state index in [1.54, 1.807) is 19.1 Å². The third kappa shape index (κ3) is 3.05. The fraction of sp³-hybridized carbons (Fsp3) is 0.467. The van der Waals surface area contributed by atoms with Crippen LogP contribution >= 0.6 is 0 Å². The van der Waals surface area contributed by atoms with E-state index >= 15 is 0 Å². The molecule has 0 unspecified atom stereocenters. The van der Waals surface area contributed by atoms with E-state index in [9.17, 15) is 4.79 Å². The van der Waals surface area contributed by atoms with Gasteiger partial charge in [0, 0.05) is 19.9 Å². The highest BCUT2D eigenvalue weighted by Crippen LogP contribution is 2.36. The monoisotopic (exact) mass is 260 g/mol. The summed E-state index contributed by atoms with van der Waals surface area (Å²) in [5.74, 6) is 0.650. The van der Waals surface area contributed by atoms with Crippen molar-refractivity contribution in [3.8, 4) is 11.8 Å². The first kappa shape index (κ1) is 15.0. The van der Waals surface area contributed by atoms with E-state index in [-0.39, 0.29) is 18.7 Å². The van der Waals surface area contributed by atoms with Gasteiger partial charge in [-0.2, -0.15) is 5.26 Å². The van der Waals surface area contributed by atoms with Crippen molar-refractivity contribution in [1.29, 1.82) is 5.26 Å². The molecule has 0 heterocycles. The molecule has 4 heteroatoms. The number of amides is 1. The lowest BCUT2D eigenvalue weighted by Crippen LogP contribution is -2.27. The fourth-order valence-electron chi connectivity index (χ4n) is 2.16. The Kier molecular flexibility index (Phi) is 4.94. The maximum absolute atomic E-state index is 12.0. The van der Waals surface area contributed by atoms with Gasteiger partial charge < -0.3 is 9.64 Å². The average molecular weight is 260 g/mol. The van der Waals surface area contributed by atoms with Crippen LogP contribution in [0, 0.1) is 32.1 Å². The first-order valence-corrected chi connectivity index (χ1v) is 6.22. The van der Waals surface area contributed by atoms with Gasteiger partial charge in [-0.25, -0.2) is 0 Å². The number of hydrogen-bond acceptors (Lipinski definition) is 3. The Bertz CT molecular complexity index is 530. The highest BCUT2D eigenvalue weighted by molar-refractivity contribution is 5.95. The number of ether oxygens (including phenoxy) is 1. The van der Waals surface area contributed by atoms with Crippen molar-refractivity contribution < 1.29 is 9.53 Å². The van der Waals surface area contributed by atoms with Crippen molar-refractivity contribution in [3.63, 3.8) is 0 Å². The van der Waals surface area contributed by atoms with Crippen LogP contribution in [-0.2, 0) is 4.79 Å². The number of methoxy groups -OCH3 is 1. The molecule has 1 aromatic rings. The quantitative estimate of drug-likeness (QED) is 0.836. The molecular weight excluding hydrogens is 240 g/mol. The topological polar surface area (TPSA) is 53.3 Å². The Morgan fingerprint density at radius 3 is 2.53 bits per heavy atom. The van der Waals surface area contributed by atoms with Gasteiger partial charge in [0.15, 0.2) is 0 Å². The Morgan fingerprint density at radius 2 is 2.00 bits per heavy atom. The third-order valence-electron chi connectivity index (χ3n) is 3.32. The van der Waals surface area contributed by atoms with Gasteiger partial charge in [-0.3, -0.25) is 4.79 Å². The Morgan fingerprint density at radius 1 is 1.37 bits per heavy atom. The zero-order valence-corrected chi connectivity index (χ0v) is 12.2. The minimum Gasteiger partial charge on any atom is -0.494 e. The van der Waals surface area contributed by atoms with Crippen LogP contribution in [0.25, 0.3) is 0 Å². The van der Waals surface area contributed by atoms with Gasteiger partial charge in [-0.15, -0.1) is 0 Å². The molecule has 0 aliphatic carbocycles. The van der Waals surface area contributed by atoms with Gasteiger partial charge in [0.1, 0.15) is 5.75 Å². The van der Waals surface area contributed by atoms with E-state index in [0.717, 1.165) is 28.1 Å². The normalized spacial score (nSPS) is 9.89. The smallest absolute Gasteiger partial charge is 0.227 e. The average Bonchev–Trinajstić information content (AvgIpc) is 2.38. The van der Waals surface area contributed by atoms with Crippen LogP contribution in [0.5, 0.6) is 5.75 Å². The molecule has 1 amide bonds. The van der Waals surface area contributed by atoms with Crippen molar-refractivity contribution in [2.75, 3.05) is 19.1 Å². The summed E-state index contributed by atoms with van der Waals surface area (Å²) in [4.78, 5) is 13.6. The van der Waals surface area contributed by atoms with Crippen molar-refractivity contribution in [1.82, 2.24) is 0 Å². The van der Waals surface area contributed by atoms with Crippen molar-refractivity contribution in [2.24, 2.45) is 0 Å². The molecule has 0 spiro atoms. The van der Waals surface area contributed by atoms with Gasteiger partial charge in [-0.1, -0.05) is 6.07 Å². The van der Waals surface area contributed by atoms with Gasteiger partial charge >= 0.3 is 0 Å². The van der Waals surface area contributed by atoms with Crippen LogP contribution in [0.3, 0.4) is 0 Å².